The second-order valence-corrected chi connectivity index (χ2v) is 10.5. The number of carbonyl (C=O) groups excluding carboxylic acids is 1. The zero-order valence-corrected chi connectivity index (χ0v) is 21.8. The molecule has 196 valence electrons. The number of aliphatic hydroxyl groups excluding tert-OH is 1. The largest absolute Gasteiger partial charge is 0.395 e. The molecule has 2 aliphatic heterocycles. The molecule has 0 aliphatic carbocycles. The molecule has 2 aromatic heterocycles. The van der Waals surface area contributed by atoms with Gasteiger partial charge in [0, 0.05) is 43.5 Å². The maximum absolute atomic E-state index is 13.6. The summed E-state index contributed by atoms with van der Waals surface area (Å²) in [5.74, 6) is 2.25. The second-order valence-electron chi connectivity index (χ2n) is 9.61. The fourth-order valence-corrected chi connectivity index (χ4v) is 5.61. The first-order chi connectivity index (χ1) is 18.2. The van der Waals surface area contributed by atoms with Gasteiger partial charge in [-0.1, -0.05) is 24.8 Å². The van der Waals surface area contributed by atoms with Gasteiger partial charge in [-0.25, -0.2) is 9.67 Å². The summed E-state index contributed by atoms with van der Waals surface area (Å²) >= 11 is 1.46. The molecule has 2 aliphatic rings. The Hall–Kier alpha value is -3.24. The number of carbonyl (C=O) groups is 1. The fraction of sp³-hybridized carbons (Fsp3) is 0.444. The highest BCUT2D eigenvalue weighted by atomic mass is 32.2. The van der Waals surface area contributed by atoms with Crippen LogP contribution in [0.5, 0.6) is 0 Å². The van der Waals surface area contributed by atoms with Crippen LogP contribution in [-0.4, -0.2) is 57.8 Å². The van der Waals surface area contributed by atoms with Crippen molar-refractivity contribution < 1.29 is 9.90 Å². The van der Waals surface area contributed by atoms with Crippen LogP contribution in [0.1, 0.15) is 48.9 Å². The van der Waals surface area contributed by atoms with Gasteiger partial charge in [-0.2, -0.15) is 5.10 Å². The van der Waals surface area contributed by atoms with Crippen LogP contribution in [-0.2, 0) is 0 Å². The monoisotopic (exact) mass is 521 g/mol. The summed E-state index contributed by atoms with van der Waals surface area (Å²) in [7, 11) is 0. The zero-order chi connectivity index (χ0) is 25.5. The Labute approximate surface area is 222 Å². The summed E-state index contributed by atoms with van der Waals surface area (Å²) in [6.45, 7) is 2.84. The molecule has 0 radical (unpaired) electrons. The number of benzene rings is 1. The molecular formula is C27H35N7O2S. The third-order valence-electron chi connectivity index (χ3n) is 6.93. The highest BCUT2D eigenvalue weighted by Crippen LogP contribution is 2.32. The summed E-state index contributed by atoms with van der Waals surface area (Å²) in [4.78, 5) is 20.7. The van der Waals surface area contributed by atoms with Crippen LogP contribution in [0.2, 0.25) is 0 Å². The van der Waals surface area contributed by atoms with Gasteiger partial charge in [0.05, 0.1) is 17.9 Å². The van der Waals surface area contributed by atoms with E-state index in [1.807, 2.05) is 36.5 Å². The molecule has 0 saturated carbocycles. The lowest BCUT2D eigenvalue weighted by Crippen LogP contribution is -2.36. The number of hydrogen-bond donors (Lipinski definition) is 4. The summed E-state index contributed by atoms with van der Waals surface area (Å²) in [5.41, 5.74) is 3.35. The Morgan fingerprint density at radius 3 is 2.89 bits per heavy atom. The summed E-state index contributed by atoms with van der Waals surface area (Å²) in [6, 6.07) is 11.5. The lowest BCUT2D eigenvalue weighted by molar-refractivity contribution is 0.102. The quantitative estimate of drug-likeness (QED) is 0.281. The smallest absolute Gasteiger partial charge is 0.258 e. The van der Waals surface area contributed by atoms with E-state index in [-0.39, 0.29) is 12.5 Å². The predicted molar refractivity (Wildman–Crippen MR) is 151 cm³/mol. The van der Waals surface area contributed by atoms with Gasteiger partial charge in [-0.3, -0.25) is 4.79 Å². The first-order valence-electron chi connectivity index (χ1n) is 13.2. The van der Waals surface area contributed by atoms with Crippen LogP contribution >= 0.6 is 11.9 Å². The normalized spacial score (nSPS) is 18.5. The zero-order valence-electron chi connectivity index (χ0n) is 21.0. The number of anilines is 4. The van der Waals surface area contributed by atoms with E-state index in [0.29, 0.717) is 28.9 Å². The molecule has 1 atom stereocenters. The molecule has 37 heavy (non-hydrogen) atoms. The molecule has 1 saturated heterocycles. The van der Waals surface area contributed by atoms with Crippen LogP contribution in [0.3, 0.4) is 0 Å². The Morgan fingerprint density at radius 1 is 1.11 bits per heavy atom. The molecule has 1 amide bonds. The van der Waals surface area contributed by atoms with Crippen LogP contribution < -0.4 is 20.3 Å². The minimum atomic E-state index is -0.177. The van der Waals surface area contributed by atoms with Crippen molar-refractivity contribution in [2.24, 2.45) is 5.92 Å². The van der Waals surface area contributed by atoms with Crippen molar-refractivity contribution in [2.45, 2.75) is 38.5 Å². The molecule has 1 unspecified atom stereocenters. The molecule has 5 rings (SSSR count). The molecule has 9 nitrogen and oxygen atoms in total. The van der Waals surface area contributed by atoms with Crippen molar-refractivity contribution in [1.82, 2.24) is 14.8 Å². The number of aromatic nitrogens is 3. The molecule has 0 spiro atoms. The van der Waals surface area contributed by atoms with Gasteiger partial charge in [0.2, 0.25) is 0 Å². The average molecular weight is 522 g/mol. The second kappa shape index (κ2) is 12.3. The van der Waals surface area contributed by atoms with Gasteiger partial charge in [0.1, 0.15) is 11.5 Å². The number of hydrogen-bond acceptors (Lipinski definition) is 8. The number of piperidine rings is 1. The highest BCUT2D eigenvalue weighted by Gasteiger charge is 2.24. The third kappa shape index (κ3) is 6.37. The van der Waals surface area contributed by atoms with Crippen molar-refractivity contribution in [1.29, 1.82) is 0 Å². The number of pyridine rings is 1. The number of aliphatic hydroxyl groups is 1. The number of amides is 1. The Bertz CT molecular complexity index is 1190. The van der Waals surface area contributed by atoms with Crippen LogP contribution in [0, 0.1) is 5.92 Å². The van der Waals surface area contributed by atoms with Gasteiger partial charge >= 0.3 is 0 Å². The van der Waals surface area contributed by atoms with Crippen molar-refractivity contribution in [3.8, 4) is 5.69 Å². The van der Waals surface area contributed by atoms with E-state index in [9.17, 15) is 4.79 Å². The Morgan fingerprint density at radius 2 is 2.03 bits per heavy atom. The molecule has 10 heteroatoms. The Balaban J connectivity index is 1.47. The van der Waals surface area contributed by atoms with Crippen LogP contribution in [0.4, 0.5) is 23.0 Å². The maximum Gasteiger partial charge on any atom is 0.258 e. The van der Waals surface area contributed by atoms with Crippen molar-refractivity contribution in [3.63, 3.8) is 0 Å². The fourth-order valence-electron chi connectivity index (χ4n) is 5.12. The minimum absolute atomic E-state index is 0.113. The molecule has 4 N–H and O–H groups in total. The van der Waals surface area contributed by atoms with E-state index in [2.05, 4.69) is 31.4 Å². The first kappa shape index (κ1) is 25.4. The summed E-state index contributed by atoms with van der Waals surface area (Å²) in [6.07, 6.45) is 10.6. The highest BCUT2D eigenvalue weighted by molar-refractivity contribution is 8.00. The van der Waals surface area contributed by atoms with Gasteiger partial charge in [0.25, 0.3) is 5.91 Å². The lowest BCUT2D eigenvalue weighted by Gasteiger charge is -2.36. The van der Waals surface area contributed by atoms with Gasteiger partial charge in [-0.15, -0.1) is 0 Å². The summed E-state index contributed by atoms with van der Waals surface area (Å²) < 4.78 is 5.08. The first-order valence-corrected chi connectivity index (χ1v) is 14.1. The number of fused-ring (bicyclic) bond motifs is 6. The van der Waals surface area contributed by atoms with E-state index < -0.39 is 0 Å². The van der Waals surface area contributed by atoms with E-state index in [1.165, 1.54) is 37.6 Å². The van der Waals surface area contributed by atoms with Gasteiger partial charge < -0.3 is 25.4 Å². The topological polar surface area (TPSA) is 107 Å². The van der Waals surface area contributed by atoms with Crippen LogP contribution in [0.25, 0.3) is 5.69 Å². The average Bonchev–Trinajstić information content (AvgIpc) is 3.45. The standard InChI is InChI=1S/C27H35N7O2S/c35-16-17-37-32-21-8-9-22-24(18-21)33-14-4-7-20(19-33)6-2-1-3-12-28-26-23(34-15-5-13-29-34)10-11-25(30-26)31-27(22)36/h5,8-11,13,15,18,20,32,35H,1-4,6-7,12,14,16-17,19H2,(H2,28,30,31,36). The van der Waals surface area contributed by atoms with Gasteiger partial charge in [-0.05, 0) is 68.0 Å². The molecule has 1 aromatic carbocycles. The Kier molecular flexibility index (Phi) is 8.47. The van der Waals surface area contributed by atoms with Crippen molar-refractivity contribution in [3.05, 3.63) is 54.4 Å². The van der Waals surface area contributed by atoms with Gasteiger partial charge in [0.15, 0.2) is 5.82 Å². The van der Waals surface area contributed by atoms with E-state index in [4.69, 9.17) is 10.1 Å². The number of nitrogens with one attached hydrogen (secondary N) is 3. The number of nitrogens with zero attached hydrogens (tertiary/aromatic N) is 4. The SMILES string of the molecule is O=C1Nc2ccc(-n3cccn3)c(n2)NCCCCCC2CCCN(C2)c2cc(NSCCO)ccc21. The maximum atomic E-state index is 13.6. The molecular weight excluding hydrogens is 486 g/mol. The third-order valence-corrected chi connectivity index (χ3v) is 7.70. The van der Waals surface area contributed by atoms with Crippen molar-refractivity contribution in [2.75, 3.05) is 52.2 Å². The van der Waals surface area contributed by atoms with Crippen LogP contribution in [0.15, 0.2) is 48.8 Å². The van der Waals surface area contributed by atoms with E-state index >= 15 is 0 Å². The lowest BCUT2D eigenvalue weighted by atomic mass is 9.91. The summed E-state index contributed by atoms with van der Waals surface area (Å²) in [5, 5.41) is 20.0. The minimum Gasteiger partial charge on any atom is -0.395 e. The van der Waals surface area contributed by atoms with E-state index in [1.54, 1.807) is 10.9 Å². The molecule has 4 heterocycles. The molecule has 1 fully saturated rings. The predicted octanol–water partition coefficient (Wildman–Crippen LogP) is 4.77. The van der Waals surface area contributed by atoms with Crippen molar-refractivity contribution >= 4 is 40.9 Å². The number of rotatable bonds is 5. The molecule has 3 aromatic rings. The molecule has 4 bridgehead atoms. The van der Waals surface area contributed by atoms with E-state index in [0.717, 1.165) is 49.5 Å².